The number of benzene rings is 1. The Balaban J connectivity index is 2.56. The average Bonchev–Trinajstić information content (AvgIpc) is 2.31. The number of nitrogens with one attached hydrogen (secondary N) is 1. The summed E-state index contributed by atoms with van der Waals surface area (Å²) in [5.41, 5.74) is 2.16. The quantitative estimate of drug-likeness (QED) is 0.844. The molecule has 0 aliphatic rings. The number of carbonyl (C=O) groups excluding carboxylic acids is 1. The monoisotopic (exact) mass is 230 g/mol. The van der Waals surface area contributed by atoms with Crippen LogP contribution in [0.25, 0.3) is 0 Å². The largest absolute Gasteiger partial charge is 0.352 e. The fourth-order valence-corrected chi connectivity index (χ4v) is 1.67. The zero-order valence-electron chi connectivity index (χ0n) is 10.4. The Hall–Kier alpha value is -1.82. The van der Waals surface area contributed by atoms with Crippen molar-refractivity contribution in [1.82, 2.24) is 5.32 Å². The van der Waals surface area contributed by atoms with E-state index in [4.69, 9.17) is 5.26 Å². The van der Waals surface area contributed by atoms with Gasteiger partial charge in [0.15, 0.2) is 0 Å². The minimum Gasteiger partial charge on any atom is -0.352 e. The maximum Gasteiger partial charge on any atom is 0.224 e. The minimum absolute atomic E-state index is 0.0126. The number of rotatable bonds is 5. The number of nitrogens with zero attached hydrogens (tertiary/aromatic N) is 1. The van der Waals surface area contributed by atoms with E-state index in [9.17, 15) is 4.79 Å². The molecule has 1 atom stereocenters. The molecule has 1 amide bonds. The summed E-state index contributed by atoms with van der Waals surface area (Å²) in [6.45, 7) is 3.96. The van der Waals surface area contributed by atoms with Crippen LogP contribution < -0.4 is 5.32 Å². The highest BCUT2D eigenvalue weighted by Gasteiger charge is 2.11. The summed E-state index contributed by atoms with van der Waals surface area (Å²) >= 11 is 0. The smallest absolute Gasteiger partial charge is 0.224 e. The molecule has 1 aromatic rings. The SMILES string of the molecule is CC[C@H](CC#N)NC(=O)Cc1ccccc1C. The van der Waals surface area contributed by atoms with Crippen molar-refractivity contribution in [1.29, 1.82) is 5.26 Å². The topological polar surface area (TPSA) is 52.9 Å². The lowest BCUT2D eigenvalue weighted by molar-refractivity contribution is -0.121. The summed E-state index contributed by atoms with van der Waals surface area (Å²) < 4.78 is 0. The fraction of sp³-hybridized carbons (Fsp3) is 0.429. The van der Waals surface area contributed by atoms with Crippen molar-refractivity contribution in [3.8, 4) is 6.07 Å². The Bertz CT molecular complexity index is 420. The molecule has 0 fully saturated rings. The van der Waals surface area contributed by atoms with E-state index in [1.807, 2.05) is 38.1 Å². The van der Waals surface area contributed by atoms with Crippen LogP contribution in [0.5, 0.6) is 0 Å². The molecule has 0 aromatic heterocycles. The van der Waals surface area contributed by atoms with Crippen LogP contribution in [0.4, 0.5) is 0 Å². The standard InChI is InChI=1S/C14H18N2O/c1-3-13(8-9-15)16-14(17)10-12-7-5-4-6-11(12)2/h4-7,13H,3,8,10H2,1-2H3,(H,16,17)/t13-/m1/s1. The Morgan fingerprint density at radius 1 is 1.47 bits per heavy atom. The second kappa shape index (κ2) is 6.70. The molecular formula is C14H18N2O. The number of hydrogen-bond acceptors (Lipinski definition) is 2. The third-order valence-electron chi connectivity index (χ3n) is 2.81. The fourth-order valence-electron chi connectivity index (χ4n) is 1.67. The van der Waals surface area contributed by atoms with Gasteiger partial charge in [-0.2, -0.15) is 5.26 Å². The molecule has 1 aromatic carbocycles. The van der Waals surface area contributed by atoms with Crippen molar-refractivity contribution in [2.45, 2.75) is 39.2 Å². The molecule has 90 valence electrons. The molecule has 0 spiro atoms. The summed E-state index contributed by atoms with van der Waals surface area (Å²) in [6, 6.07) is 9.90. The van der Waals surface area contributed by atoms with Crippen molar-refractivity contribution in [3.05, 3.63) is 35.4 Å². The highest BCUT2D eigenvalue weighted by Crippen LogP contribution is 2.08. The summed E-state index contributed by atoms with van der Waals surface area (Å²) in [5, 5.41) is 11.5. The molecule has 0 bridgehead atoms. The molecule has 0 heterocycles. The van der Waals surface area contributed by atoms with Gasteiger partial charge < -0.3 is 5.32 Å². The van der Waals surface area contributed by atoms with Crippen molar-refractivity contribution < 1.29 is 4.79 Å². The lowest BCUT2D eigenvalue weighted by Gasteiger charge is -2.14. The van der Waals surface area contributed by atoms with Crippen LogP contribution in [0.3, 0.4) is 0 Å². The van der Waals surface area contributed by atoms with Crippen LogP contribution in [-0.2, 0) is 11.2 Å². The van der Waals surface area contributed by atoms with E-state index in [1.165, 1.54) is 0 Å². The Morgan fingerprint density at radius 3 is 2.76 bits per heavy atom. The Morgan fingerprint density at radius 2 is 2.18 bits per heavy atom. The highest BCUT2D eigenvalue weighted by atomic mass is 16.1. The van der Waals surface area contributed by atoms with E-state index in [-0.39, 0.29) is 11.9 Å². The first-order valence-electron chi connectivity index (χ1n) is 5.88. The molecule has 0 unspecified atom stereocenters. The van der Waals surface area contributed by atoms with Crippen LogP contribution >= 0.6 is 0 Å². The van der Waals surface area contributed by atoms with Crippen LogP contribution in [-0.4, -0.2) is 11.9 Å². The van der Waals surface area contributed by atoms with Gasteiger partial charge in [0.25, 0.3) is 0 Å². The van der Waals surface area contributed by atoms with E-state index in [1.54, 1.807) is 0 Å². The maximum atomic E-state index is 11.8. The van der Waals surface area contributed by atoms with Crippen molar-refractivity contribution in [3.63, 3.8) is 0 Å². The lowest BCUT2D eigenvalue weighted by atomic mass is 10.1. The predicted octanol–water partition coefficient (Wildman–Crippen LogP) is 2.35. The zero-order valence-corrected chi connectivity index (χ0v) is 10.4. The summed E-state index contributed by atoms with van der Waals surface area (Å²) in [5.74, 6) is -0.0126. The molecule has 0 radical (unpaired) electrons. The van der Waals surface area contributed by atoms with E-state index in [0.717, 1.165) is 17.5 Å². The van der Waals surface area contributed by atoms with E-state index in [0.29, 0.717) is 12.8 Å². The second-order valence-corrected chi connectivity index (χ2v) is 4.14. The van der Waals surface area contributed by atoms with Crippen LogP contribution in [0.15, 0.2) is 24.3 Å². The van der Waals surface area contributed by atoms with Crippen molar-refractivity contribution in [2.75, 3.05) is 0 Å². The average molecular weight is 230 g/mol. The molecular weight excluding hydrogens is 212 g/mol. The summed E-state index contributed by atoms with van der Waals surface area (Å²) in [4.78, 5) is 11.8. The molecule has 0 saturated heterocycles. The van der Waals surface area contributed by atoms with E-state index >= 15 is 0 Å². The molecule has 0 aliphatic carbocycles. The molecule has 3 heteroatoms. The molecule has 17 heavy (non-hydrogen) atoms. The second-order valence-electron chi connectivity index (χ2n) is 4.14. The van der Waals surface area contributed by atoms with Gasteiger partial charge in [0.2, 0.25) is 5.91 Å². The van der Waals surface area contributed by atoms with Gasteiger partial charge in [-0.15, -0.1) is 0 Å². The van der Waals surface area contributed by atoms with Crippen molar-refractivity contribution in [2.24, 2.45) is 0 Å². The van der Waals surface area contributed by atoms with Crippen molar-refractivity contribution >= 4 is 5.91 Å². The number of amides is 1. The number of carbonyl (C=O) groups is 1. The van der Waals surface area contributed by atoms with Gasteiger partial charge in [-0.3, -0.25) is 4.79 Å². The van der Waals surface area contributed by atoms with Gasteiger partial charge in [0.05, 0.1) is 18.9 Å². The molecule has 1 rings (SSSR count). The normalized spacial score (nSPS) is 11.6. The molecule has 3 nitrogen and oxygen atoms in total. The number of hydrogen-bond donors (Lipinski definition) is 1. The predicted molar refractivity (Wildman–Crippen MR) is 67.3 cm³/mol. The molecule has 0 aliphatic heterocycles. The third kappa shape index (κ3) is 4.28. The summed E-state index contributed by atoms with van der Waals surface area (Å²) in [6.07, 6.45) is 1.54. The zero-order chi connectivity index (χ0) is 12.7. The lowest BCUT2D eigenvalue weighted by Crippen LogP contribution is -2.35. The number of aryl methyl sites for hydroxylation is 1. The third-order valence-corrected chi connectivity index (χ3v) is 2.81. The van der Waals surface area contributed by atoms with Crippen LogP contribution in [0.1, 0.15) is 30.9 Å². The van der Waals surface area contributed by atoms with Crippen LogP contribution in [0.2, 0.25) is 0 Å². The Kier molecular flexibility index (Phi) is 5.22. The van der Waals surface area contributed by atoms with Gasteiger partial charge >= 0.3 is 0 Å². The Labute approximate surface area is 102 Å². The number of nitriles is 1. The van der Waals surface area contributed by atoms with E-state index < -0.39 is 0 Å². The first kappa shape index (κ1) is 13.2. The minimum atomic E-state index is -0.0310. The van der Waals surface area contributed by atoms with Crippen LogP contribution in [0, 0.1) is 18.3 Å². The summed E-state index contributed by atoms with van der Waals surface area (Å²) in [7, 11) is 0. The van der Waals surface area contributed by atoms with E-state index in [2.05, 4.69) is 11.4 Å². The van der Waals surface area contributed by atoms with Gasteiger partial charge in [0.1, 0.15) is 0 Å². The first-order chi connectivity index (χ1) is 8.17. The van der Waals surface area contributed by atoms with Gasteiger partial charge in [-0.1, -0.05) is 31.2 Å². The first-order valence-corrected chi connectivity index (χ1v) is 5.88. The van der Waals surface area contributed by atoms with Gasteiger partial charge in [-0.25, -0.2) is 0 Å². The molecule has 0 saturated carbocycles. The van der Waals surface area contributed by atoms with Gasteiger partial charge in [0, 0.05) is 6.04 Å². The molecule has 1 N–H and O–H groups in total. The maximum absolute atomic E-state index is 11.8. The highest BCUT2D eigenvalue weighted by molar-refractivity contribution is 5.79. The van der Waals surface area contributed by atoms with Gasteiger partial charge in [-0.05, 0) is 24.5 Å².